The quantitative estimate of drug-likeness (QED) is 0.386. The highest BCUT2D eigenvalue weighted by Gasteiger charge is 2.22. The molecule has 0 unspecified atom stereocenters. The number of hydrogen-bond acceptors (Lipinski definition) is 6. The van der Waals surface area contributed by atoms with Crippen LogP contribution in [0.5, 0.6) is 0 Å². The minimum atomic E-state index is 0. The molecule has 9 heteroatoms. The number of nitrogens with zero attached hydrogens (tertiary/aromatic N) is 6. The molecule has 0 aromatic carbocycles. The second kappa shape index (κ2) is 10.7. The predicted octanol–water partition coefficient (Wildman–Crippen LogP) is 2.71. The average molecular weight is 501 g/mol. The summed E-state index contributed by atoms with van der Waals surface area (Å²) in [5.74, 6) is 1.90. The van der Waals surface area contributed by atoms with Gasteiger partial charge < -0.3 is 15.1 Å². The maximum absolute atomic E-state index is 4.81. The van der Waals surface area contributed by atoms with Crippen LogP contribution in [0.25, 0.3) is 0 Å². The molecule has 2 aromatic heterocycles. The molecule has 0 radical (unpaired) electrons. The molecule has 0 spiro atoms. The number of nitrogens with one attached hydrogen (secondary N) is 1. The SMILES string of the molecule is CCNC(=NCc1ncccc1C)N1CCN(c2nc(CC)ns2)CC1.I. The Bertz CT molecular complexity index is 741. The van der Waals surface area contributed by atoms with Crippen molar-refractivity contribution in [2.24, 2.45) is 4.99 Å². The Labute approximate surface area is 182 Å². The van der Waals surface area contributed by atoms with Crippen molar-refractivity contribution in [2.75, 3.05) is 37.6 Å². The summed E-state index contributed by atoms with van der Waals surface area (Å²) < 4.78 is 4.40. The number of aliphatic imine (C=N–C) groups is 1. The monoisotopic (exact) mass is 501 g/mol. The highest BCUT2D eigenvalue weighted by Crippen LogP contribution is 2.19. The van der Waals surface area contributed by atoms with E-state index in [1.807, 2.05) is 12.3 Å². The summed E-state index contributed by atoms with van der Waals surface area (Å²) in [6.45, 7) is 11.5. The number of aromatic nitrogens is 3. The Hall–Kier alpha value is -1.49. The van der Waals surface area contributed by atoms with E-state index in [2.05, 4.69) is 56.3 Å². The molecular formula is C18H28IN7S. The number of hydrogen-bond donors (Lipinski definition) is 1. The molecule has 148 valence electrons. The van der Waals surface area contributed by atoms with E-state index in [1.165, 1.54) is 17.1 Å². The molecule has 1 aliphatic heterocycles. The first kappa shape index (κ1) is 21.8. The second-order valence-electron chi connectivity index (χ2n) is 6.26. The summed E-state index contributed by atoms with van der Waals surface area (Å²) in [6, 6.07) is 4.04. The van der Waals surface area contributed by atoms with E-state index < -0.39 is 0 Å². The molecule has 3 heterocycles. The van der Waals surface area contributed by atoms with E-state index in [9.17, 15) is 0 Å². The third kappa shape index (κ3) is 5.74. The zero-order valence-corrected chi connectivity index (χ0v) is 19.3. The molecule has 2 aromatic rings. The molecule has 27 heavy (non-hydrogen) atoms. The normalized spacial score (nSPS) is 14.9. The van der Waals surface area contributed by atoms with Crippen molar-refractivity contribution >= 4 is 46.6 Å². The number of piperazine rings is 1. The summed E-state index contributed by atoms with van der Waals surface area (Å²) in [4.78, 5) is 18.5. The molecule has 1 fully saturated rings. The van der Waals surface area contributed by atoms with Crippen LogP contribution in [0.15, 0.2) is 23.3 Å². The molecule has 3 rings (SSSR count). The third-order valence-electron chi connectivity index (χ3n) is 4.45. The van der Waals surface area contributed by atoms with Crippen LogP contribution < -0.4 is 10.2 Å². The first-order chi connectivity index (χ1) is 12.7. The molecule has 0 saturated carbocycles. The van der Waals surface area contributed by atoms with Crippen molar-refractivity contribution in [3.05, 3.63) is 35.4 Å². The molecule has 1 N–H and O–H groups in total. The van der Waals surface area contributed by atoms with Crippen LogP contribution in [-0.2, 0) is 13.0 Å². The van der Waals surface area contributed by atoms with Crippen molar-refractivity contribution in [3.63, 3.8) is 0 Å². The van der Waals surface area contributed by atoms with E-state index in [-0.39, 0.29) is 24.0 Å². The Kier molecular flexibility index (Phi) is 8.68. The number of anilines is 1. The minimum Gasteiger partial charge on any atom is -0.357 e. The highest BCUT2D eigenvalue weighted by molar-refractivity contribution is 14.0. The van der Waals surface area contributed by atoms with Crippen molar-refractivity contribution in [1.29, 1.82) is 0 Å². The Balaban J connectivity index is 0.00000261. The molecule has 0 amide bonds. The third-order valence-corrected chi connectivity index (χ3v) is 5.27. The van der Waals surface area contributed by atoms with Gasteiger partial charge in [-0.05, 0) is 25.5 Å². The van der Waals surface area contributed by atoms with Gasteiger partial charge in [-0.3, -0.25) is 4.98 Å². The lowest BCUT2D eigenvalue weighted by Gasteiger charge is -2.36. The maximum atomic E-state index is 4.81. The van der Waals surface area contributed by atoms with Gasteiger partial charge in [0.2, 0.25) is 5.13 Å². The predicted molar refractivity (Wildman–Crippen MR) is 122 cm³/mol. The number of pyridine rings is 1. The van der Waals surface area contributed by atoms with Crippen LogP contribution in [0.2, 0.25) is 0 Å². The molecule has 0 aliphatic carbocycles. The Morgan fingerprint density at radius 1 is 1.26 bits per heavy atom. The molecule has 1 aliphatic rings. The van der Waals surface area contributed by atoms with Crippen LogP contribution in [0, 0.1) is 6.92 Å². The maximum Gasteiger partial charge on any atom is 0.205 e. The zero-order valence-electron chi connectivity index (χ0n) is 16.2. The van der Waals surface area contributed by atoms with Gasteiger partial charge in [0.15, 0.2) is 5.96 Å². The van der Waals surface area contributed by atoms with Crippen LogP contribution in [0.4, 0.5) is 5.13 Å². The van der Waals surface area contributed by atoms with Gasteiger partial charge in [0.1, 0.15) is 5.82 Å². The lowest BCUT2D eigenvalue weighted by molar-refractivity contribution is 0.372. The first-order valence-electron chi connectivity index (χ1n) is 9.22. The van der Waals surface area contributed by atoms with E-state index in [0.717, 1.165) is 61.8 Å². The standard InChI is InChI=1S/C18H27N7S.HI/c1-4-16-22-18(26-23-16)25-11-9-24(10-12-25)17(19-5-2)21-13-15-14(3)7-6-8-20-15;/h6-8H,4-5,9-13H2,1-3H3,(H,19,21);1H. The van der Waals surface area contributed by atoms with E-state index in [0.29, 0.717) is 6.54 Å². The molecule has 1 saturated heterocycles. The van der Waals surface area contributed by atoms with Crippen molar-refractivity contribution in [2.45, 2.75) is 33.7 Å². The van der Waals surface area contributed by atoms with E-state index in [4.69, 9.17) is 4.99 Å². The molecule has 0 atom stereocenters. The van der Waals surface area contributed by atoms with Crippen LogP contribution in [-0.4, -0.2) is 57.9 Å². The van der Waals surface area contributed by atoms with Crippen molar-refractivity contribution in [3.8, 4) is 0 Å². The van der Waals surface area contributed by atoms with Gasteiger partial charge in [-0.15, -0.1) is 24.0 Å². The van der Waals surface area contributed by atoms with Gasteiger partial charge in [-0.1, -0.05) is 13.0 Å². The second-order valence-corrected chi connectivity index (χ2v) is 6.99. The fourth-order valence-corrected chi connectivity index (χ4v) is 3.69. The number of halogens is 1. The van der Waals surface area contributed by atoms with Gasteiger partial charge in [0, 0.05) is 56.9 Å². The van der Waals surface area contributed by atoms with E-state index >= 15 is 0 Å². The van der Waals surface area contributed by atoms with Crippen molar-refractivity contribution in [1.82, 2.24) is 24.6 Å². The lowest BCUT2D eigenvalue weighted by Crippen LogP contribution is -2.52. The highest BCUT2D eigenvalue weighted by atomic mass is 127. The number of rotatable bonds is 5. The largest absolute Gasteiger partial charge is 0.357 e. The Morgan fingerprint density at radius 2 is 2.04 bits per heavy atom. The minimum absolute atomic E-state index is 0. The fourth-order valence-electron chi connectivity index (χ4n) is 2.89. The lowest BCUT2D eigenvalue weighted by atomic mass is 10.2. The van der Waals surface area contributed by atoms with Crippen LogP contribution in [0.1, 0.15) is 30.9 Å². The Morgan fingerprint density at radius 3 is 2.67 bits per heavy atom. The van der Waals surface area contributed by atoms with Crippen LogP contribution >= 0.6 is 35.5 Å². The molecule has 0 bridgehead atoms. The number of guanidine groups is 1. The summed E-state index contributed by atoms with van der Waals surface area (Å²) in [5.41, 5.74) is 2.21. The summed E-state index contributed by atoms with van der Waals surface area (Å²) >= 11 is 1.50. The smallest absolute Gasteiger partial charge is 0.205 e. The zero-order chi connectivity index (χ0) is 18.4. The summed E-state index contributed by atoms with van der Waals surface area (Å²) in [6.07, 6.45) is 2.72. The topological polar surface area (TPSA) is 69.5 Å². The van der Waals surface area contributed by atoms with Gasteiger partial charge in [-0.25, -0.2) is 9.98 Å². The molecular weight excluding hydrogens is 473 g/mol. The van der Waals surface area contributed by atoms with Gasteiger partial charge in [-0.2, -0.15) is 4.37 Å². The first-order valence-corrected chi connectivity index (χ1v) is 9.99. The summed E-state index contributed by atoms with van der Waals surface area (Å²) in [5, 5.41) is 4.45. The van der Waals surface area contributed by atoms with Crippen LogP contribution in [0.3, 0.4) is 0 Å². The van der Waals surface area contributed by atoms with Gasteiger partial charge in [0.25, 0.3) is 0 Å². The van der Waals surface area contributed by atoms with Crippen molar-refractivity contribution < 1.29 is 0 Å². The summed E-state index contributed by atoms with van der Waals surface area (Å²) in [7, 11) is 0. The fraction of sp³-hybridized carbons (Fsp3) is 0.556. The molecule has 7 nitrogen and oxygen atoms in total. The average Bonchev–Trinajstić information content (AvgIpc) is 3.16. The van der Waals surface area contributed by atoms with Gasteiger partial charge >= 0.3 is 0 Å². The van der Waals surface area contributed by atoms with Gasteiger partial charge in [0.05, 0.1) is 12.2 Å². The number of aryl methyl sites for hydroxylation is 2. The van der Waals surface area contributed by atoms with E-state index in [1.54, 1.807) is 0 Å².